The van der Waals surface area contributed by atoms with Gasteiger partial charge in [-0.15, -0.1) is 0 Å². The molecule has 1 aliphatic carbocycles. The van der Waals surface area contributed by atoms with E-state index in [9.17, 15) is 4.79 Å². The minimum absolute atomic E-state index is 0.0289. The standard InChI is InChI=1S/C18H22N2O2/c1-3-13-11-17(15-6-4-5-7-16(15)19-13)20-14-9-8-12(10-14)18(21)22-2/h4-7,11-12,14H,3,8-10H2,1-2H3,(H,19,20)/t12-,14+/m0/s1. The number of esters is 1. The molecule has 4 nitrogen and oxygen atoms in total. The van der Waals surface area contributed by atoms with Crippen molar-refractivity contribution < 1.29 is 9.53 Å². The Labute approximate surface area is 130 Å². The van der Waals surface area contributed by atoms with E-state index in [4.69, 9.17) is 4.74 Å². The smallest absolute Gasteiger partial charge is 0.308 e. The van der Waals surface area contributed by atoms with Crippen molar-refractivity contribution in [2.24, 2.45) is 5.92 Å². The van der Waals surface area contributed by atoms with Crippen LogP contribution in [0.25, 0.3) is 10.9 Å². The molecule has 0 amide bonds. The first-order valence-electron chi connectivity index (χ1n) is 7.94. The number of aromatic nitrogens is 1. The molecule has 1 fully saturated rings. The van der Waals surface area contributed by atoms with Gasteiger partial charge in [-0.25, -0.2) is 0 Å². The molecule has 1 heterocycles. The van der Waals surface area contributed by atoms with Crippen molar-refractivity contribution in [3.63, 3.8) is 0 Å². The molecule has 1 aromatic carbocycles. The average molecular weight is 298 g/mol. The average Bonchev–Trinajstić information content (AvgIpc) is 3.02. The maximum Gasteiger partial charge on any atom is 0.308 e. The van der Waals surface area contributed by atoms with Gasteiger partial charge in [0, 0.05) is 22.8 Å². The van der Waals surface area contributed by atoms with Crippen molar-refractivity contribution in [3.8, 4) is 0 Å². The number of carbonyl (C=O) groups excluding carboxylic acids is 1. The van der Waals surface area contributed by atoms with E-state index in [1.54, 1.807) is 0 Å². The van der Waals surface area contributed by atoms with Crippen LogP contribution in [0.2, 0.25) is 0 Å². The number of pyridine rings is 1. The zero-order chi connectivity index (χ0) is 15.5. The second-order valence-electron chi connectivity index (χ2n) is 5.91. The number of nitrogens with zero attached hydrogens (tertiary/aromatic N) is 1. The Balaban J connectivity index is 1.83. The lowest BCUT2D eigenvalue weighted by molar-refractivity contribution is -0.145. The van der Waals surface area contributed by atoms with Crippen LogP contribution in [0.3, 0.4) is 0 Å². The van der Waals surface area contributed by atoms with Gasteiger partial charge in [0.1, 0.15) is 0 Å². The summed E-state index contributed by atoms with van der Waals surface area (Å²) in [6.07, 6.45) is 3.64. The van der Waals surface area contributed by atoms with Crippen LogP contribution in [-0.4, -0.2) is 24.1 Å². The monoisotopic (exact) mass is 298 g/mol. The molecule has 0 unspecified atom stereocenters. The van der Waals surface area contributed by atoms with E-state index in [2.05, 4.69) is 29.4 Å². The van der Waals surface area contributed by atoms with Crippen LogP contribution < -0.4 is 5.32 Å². The highest BCUT2D eigenvalue weighted by molar-refractivity contribution is 5.91. The van der Waals surface area contributed by atoms with E-state index in [-0.39, 0.29) is 11.9 Å². The van der Waals surface area contributed by atoms with Gasteiger partial charge in [-0.05, 0) is 37.8 Å². The molecule has 1 N–H and O–H groups in total. The molecule has 0 saturated heterocycles. The van der Waals surface area contributed by atoms with Gasteiger partial charge in [0.2, 0.25) is 0 Å². The molecule has 2 aromatic rings. The summed E-state index contributed by atoms with van der Waals surface area (Å²) in [6, 6.07) is 10.6. The van der Waals surface area contributed by atoms with Crippen LogP contribution in [0.15, 0.2) is 30.3 Å². The highest BCUT2D eigenvalue weighted by Crippen LogP contribution is 2.31. The molecule has 0 aliphatic heterocycles. The van der Waals surface area contributed by atoms with Crippen LogP contribution in [0.4, 0.5) is 5.69 Å². The Morgan fingerprint density at radius 1 is 1.36 bits per heavy atom. The zero-order valence-corrected chi connectivity index (χ0v) is 13.1. The van der Waals surface area contributed by atoms with Crippen LogP contribution >= 0.6 is 0 Å². The van der Waals surface area contributed by atoms with Gasteiger partial charge in [0.15, 0.2) is 0 Å². The molecular formula is C18H22N2O2. The molecule has 1 saturated carbocycles. The molecule has 4 heteroatoms. The second-order valence-corrected chi connectivity index (χ2v) is 5.91. The molecule has 116 valence electrons. The summed E-state index contributed by atoms with van der Waals surface area (Å²) in [6.45, 7) is 2.11. The predicted octanol–water partition coefficient (Wildman–Crippen LogP) is 3.55. The fraction of sp³-hybridized carbons (Fsp3) is 0.444. The summed E-state index contributed by atoms with van der Waals surface area (Å²) in [4.78, 5) is 16.3. The first-order valence-corrected chi connectivity index (χ1v) is 7.94. The Morgan fingerprint density at radius 3 is 2.95 bits per heavy atom. The minimum atomic E-state index is -0.0851. The first kappa shape index (κ1) is 14.8. The van der Waals surface area contributed by atoms with Crippen LogP contribution in [0.5, 0.6) is 0 Å². The third kappa shape index (κ3) is 2.91. The number of methoxy groups -OCH3 is 1. The zero-order valence-electron chi connectivity index (χ0n) is 13.1. The summed E-state index contributed by atoms with van der Waals surface area (Å²) in [5.74, 6) is -0.0561. The van der Waals surface area contributed by atoms with Crippen LogP contribution in [0, 0.1) is 5.92 Å². The van der Waals surface area contributed by atoms with Gasteiger partial charge in [-0.2, -0.15) is 0 Å². The van der Waals surface area contributed by atoms with Gasteiger partial charge in [-0.1, -0.05) is 25.1 Å². The van der Waals surface area contributed by atoms with Crippen LogP contribution in [-0.2, 0) is 16.0 Å². The van der Waals surface area contributed by atoms with E-state index in [0.29, 0.717) is 6.04 Å². The summed E-state index contributed by atoms with van der Waals surface area (Å²) < 4.78 is 4.86. The number of anilines is 1. The van der Waals surface area contributed by atoms with E-state index in [1.165, 1.54) is 7.11 Å². The highest BCUT2D eigenvalue weighted by Gasteiger charge is 2.30. The van der Waals surface area contributed by atoms with Gasteiger partial charge >= 0.3 is 5.97 Å². The van der Waals surface area contributed by atoms with Crippen molar-refractivity contribution >= 4 is 22.6 Å². The van der Waals surface area contributed by atoms with Crippen molar-refractivity contribution in [2.75, 3.05) is 12.4 Å². The number of ether oxygens (including phenoxy) is 1. The van der Waals surface area contributed by atoms with Gasteiger partial charge in [0.25, 0.3) is 0 Å². The lowest BCUT2D eigenvalue weighted by Crippen LogP contribution is -2.19. The largest absolute Gasteiger partial charge is 0.469 e. The van der Waals surface area contributed by atoms with Crippen molar-refractivity contribution in [3.05, 3.63) is 36.0 Å². The SMILES string of the molecule is CCc1cc(N[C@@H]2CC[C@H](C(=O)OC)C2)c2ccccc2n1. The Hall–Kier alpha value is -2.10. The number of aryl methyl sites for hydroxylation is 1. The van der Waals surface area contributed by atoms with Crippen molar-refractivity contribution in [2.45, 2.75) is 38.6 Å². The van der Waals surface area contributed by atoms with Crippen LogP contribution in [0.1, 0.15) is 31.9 Å². The molecule has 0 bridgehead atoms. The highest BCUT2D eigenvalue weighted by atomic mass is 16.5. The molecule has 3 rings (SSSR count). The normalized spacial score (nSPS) is 21.0. The second kappa shape index (κ2) is 6.34. The maximum absolute atomic E-state index is 11.7. The van der Waals surface area contributed by atoms with Crippen molar-refractivity contribution in [1.29, 1.82) is 0 Å². The fourth-order valence-corrected chi connectivity index (χ4v) is 3.24. The number of fused-ring (bicyclic) bond motifs is 1. The molecule has 0 radical (unpaired) electrons. The maximum atomic E-state index is 11.7. The number of para-hydroxylation sites is 1. The van der Waals surface area contributed by atoms with Gasteiger partial charge in [0.05, 0.1) is 18.5 Å². The lowest BCUT2D eigenvalue weighted by atomic mass is 10.1. The van der Waals surface area contributed by atoms with E-state index < -0.39 is 0 Å². The first-order chi connectivity index (χ1) is 10.7. The topological polar surface area (TPSA) is 51.2 Å². The Morgan fingerprint density at radius 2 is 2.18 bits per heavy atom. The minimum Gasteiger partial charge on any atom is -0.469 e. The molecule has 1 aromatic heterocycles. The number of carbonyl (C=O) groups is 1. The third-order valence-electron chi connectivity index (χ3n) is 4.46. The van der Waals surface area contributed by atoms with Gasteiger partial charge in [-0.3, -0.25) is 9.78 Å². The Bertz CT molecular complexity index is 684. The molecule has 22 heavy (non-hydrogen) atoms. The summed E-state index contributed by atoms with van der Waals surface area (Å²) in [5, 5.41) is 4.76. The van der Waals surface area contributed by atoms with E-state index in [0.717, 1.165) is 48.0 Å². The summed E-state index contributed by atoms with van der Waals surface area (Å²) in [5.41, 5.74) is 3.23. The predicted molar refractivity (Wildman–Crippen MR) is 87.9 cm³/mol. The summed E-state index contributed by atoms with van der Waals surface area (Å²) in [7, 11) is 1.47. The fourth-order valence-electron chi connectivity index (χ4n) is 3.24. The number of hydrogen-bond donors (Lipinski definition) is 1. The molecule has 0 spiro atoms. The molecule has 2 atom stereocenters. The van der Waals surface area contributed by atoms with Gasteiger partial charge < -0.3 is 10.1 Å². The molecule has 1 aliphatic rings. The number of benzene rings is 1. The van der Waals surface area contributed by atoms with Crippen molar-refractivity contribution in [1.82, 2.24) is 4.98 Å². The van der Waals surface area contributed by atoms with E-state index in [1.807, 2.05) is 18.2 Å². The summed E-state index contributed by atoms with van der Waals surface area (Å²) >= 11 is 0. The quantitative estimate of drug-likeness (QED) is 0.877. The number of hydrogen-bond acceptors (Lipinski definition) is 4. The van der Waals surface area contributed by atoms with E-state index >= 15 is 0 Å². The lowest BCUT2D eigenvalue weighted by Gasteiger charge is -2.17. The number of rotatable bonds is 4. The number of nitrogens with one attached hydrogen (secondary N) is 1. The third-order valence-corrected chi connectivity index (χ3v) is 4.46. The molecular weight excluding hydrogens is 276 g/mol. The Kier molecular flexibility index (Phi) is 4.27.